The van der Waals surface area contributed by atoms with Crippen LogP contribution < -0.4 is 4.90 Å². The number of tetrazole rings is 1. The molecular formula is C16H17FN6O. The average Bonchev–Trinajstić information content (AvgIpc) is 3.25. The summed E-state index contributed by atoms with van der Waals surface area (Å²) in [5.74, 6) is 1.86. The highest BCUT2D eigenvalue weighted by molar-refractivity contribution is 5.53. The summed E-state index contributed by atoms with van der Waals surface area (Å²) in [4.78, 5) is 3.82. The molecule has 0 saturated carbocycles. The van der Waals surface area contributed by atoms with E-state index in [0.717, 1.165) is 43.1 Å². The number of aryl methyl sites for hydroxylation is 1. The minimum absolute atomic E-state index is 0.123. The molecule has 1 unspecified atom stereocenters. The monoisotopic (exact) mass is 328 g/mol. The van der Waals surface area contributed by atoms with E-state index in [-0.39, 0.29) is 11.9 Å². The van der Waals surface area contributed by atoms with E-state index >= 15 is 0 Å². The Kier molecular flexibility index (Phi) is 3.72. The predicted molar refractivity (Wildman–Crippen MR) is 84.9 cm³/mol. The summed E-state index contributed by atoms with van der Waals surface area (Å²) < 4.78 is 18.2. The van der Waals surface area contributed by atoms with Crippen molar-refractivity contribution < 1.29 is 8.91 Å². The quantitative estimate of drug-likeness (QED) is 0.736. The van der Waals surface area contributed by atoms with Gasteiger partial charge in [-0.1, -0.05) is 5.16 Å². The number of rotatable bonds is 3. The second-order valence-electron chi connectivity index (χ2n) is 5.98. The van der Waals surface area contributed by atoms with E-state index in [9.17, 15) is 4.39 Å². The fraction of sp³-hybridized carbons (Fsp3) is 0.375. The van der Waals surface area contributed by atoms with Crippen LogP contribution in [0.2, 0.25) is 0 Å². The van der Waals surface area contributed by atoms with E-state index in [2.05, 4.69) is 25.5 Å². The molecule has 7 nitrogen and oxygen atoms in total. The fourth-order valence-electron chi connectivity index (χ4n) is 2.95. The van der Waals surface area contributed by atoms with Crippen molar-refractivity contribution in [1.82, 2.24) is 25.4 Å². The van der Waals surface area contributed by atoms with Crippen molar-refractivity contribution in [2.75, 3.05) is 18.0 Å². The van der Waals surface area contributed by atoms with Crippen LogP contribution in [0.5, 0.6) is 0 Å². The molecule has 0 radical (unpaired) electrons. The van der Waals surface area contributed by atoms with Crippen LogP contribution in [0.15, 0.2) is 34.9 Å². The number of halogens is 1. The summed E-state index contributed by atoms with van der Waals surface area (Å²) in [6.45, 7) is 3.57. The number of aromatic nitrogens is 5. The molecule has 0 spiro atoms. The third-order valence-corrected chi connectivity index (χ3v) is 4.19. The summed E-state index contributed by atoms with van der Waals surface area (Å²) in [5, 5.41) is 16.8. The molecule has 1 aliphatic heterocycles. The fourth-order valence-corrected chi connectivity index (χ4v) is 2.95. The van der Waals surface area contributed by atoms with Crippen molar-refractivity contribution >= 4 is 5.82 Å². The highest BCUT2D eigenvalue weighted by Gasteiger charge is 2.25. The molecule has 3 aromatic rings. The van der Waals surface area contributed by atoms with E-state index in [1.807, 2.05) is 13.0 Å². The van der Waals surface area contributed by atoms with Gasteiger partial charge in [0.15, 0.2) is 5.82 Å². The maximum absolute atomic E-state index is 13.0. The lowest BCUT2D eigenvalue weighted by molar-refractivity contribution is 0.332. The molecule has 1 atom stereocenters. The molecule has 0 bridgehead atoms. The van der Waals surface area contributed by atoms with E-state index in [1.165, 1.54) is 12.1 Å². The van der Waals surface area contributed by atoms with Gasteiger partial charge in [0, 0.05) is 24.7 Å². The molecule has 1 aromatic carbocycles. The van der Waals surface area contributed by atoms with Gasteiger partial charge in [0.05, 0.1) is 6.04 Å². The van der Waals surface area contributed by atoms with Gasteiger partial charge in [-0.2, -0.15) is 4.80 Å². The van der Waals surface area contributed by atoms with Crippen LogP contribution in [0.4, 0.5) is 10.2 Å². The van der Waals surface area contributed by atoms with Crippen molar-refractivity contribution in [2.45, 2.75) is 25.8 Å². The van der Waals surface area contributed by atoms with E-state index in [0.29, 0.717) is 5.82 Å². The molecule has 3 heterocycles. The lowest BCUT2D eigenvalue weighted by atomic mass is 10.1. The number of hydrogen-bond donors (Lipinski definition) is 0. The van der Waals surface area contributed by atoms with Gasteiger partial charge in [0.25, 0.3) is 0 Å². The van der Waals surface area contributed by atoms with Crippen molar-refractivity contribution in [1.29, 1.82) is 0 Å². The van der Waals surface area contributed by atoms with Crippen molar-refractivity contribution in [3.05, 3.63) is 41.9 Å². The molecule has 1 aliphatic rings. The zero-order valence-corrected chi connectivity index (χ0v) is 13.3. The molecule has 1 fully saturated rings. The van der Waals surface area contributed by atoms with Crippen LogP contribution in [0.3, 0.4) is 0 Å². The van der Waals surface area contributed by atoms with Crippen molar-refractivity contribution in [3.8, 4) is 11.4 Å². The van der Waals surface area contributed by atoms with Crippen molar-refractivity contribution in [3.63, 3.8) is 0 Å². The molecule has 8 heteroatoms. The first-order chi connectivity index (χ1) is 11.7. The minimum atomic E-state index is -0.281. The van der Waals surface area contributed by atoms with Gasteiger partial charge in [-0.05, 0) is 49.2 Å². The Morgan fingerprint density at radius 2 is 2.08 bits per heavy atom. The van der Waals surface area contributed by atoms with E-state index in [4.69, 9.17) is 4.52 Å². The van der Waals surface area contributed by atoms with Gasteiger partial charge in [0.1, 0.15) is 11.6 Å². The highest BCUT2D eigenvalue weighted by Crippen LogP contribution is 2.25. The third-order valence-electron chi connectivity index (χ3n) is 4.19. The van der Waals surface area contributed by atoms with Gasteiger partial charge < -0.3 is 9.42 Å². The molecule has 24 heavy (non-hydrogen) atoms. The van der Waals surface area contributed by atoms with Crippen LogP contribution in [-0.2, 0) is 0 Å². The number of piperidine rings is 1. The number of anilines is 1. The Balaban J connectivity index is 1.52. The first kappa shape index (κ1) is 14.8. The normalized spacial score (nSPS) is 18.1. The summed E-state index contributed by atoms with van der Waals surface area (Å²) in [7, 11) is 0. The Hall–Kier alpha value is -2.77. The number of benzene rings is 1. The Morgan fingerprint density at radius 3 is 2.83 bits per heavy atom. The molecule has 0 amide bonds. The molecular weight excluding hydrogens is 311 g/mol. The third kappa shape index (κ3) is 2.86. The first-order valence-electron chi connectivity index (χ1n) is 7.93. The highest BCUT2D eigenvalue weighted by atomic mass is 19.1. The topological polar surface area (TPSA) is 72.9 Å². The second-order valence-corrected chi connectivity index (χ2v) is 5.98. The van der Waals surface area contributed by atoms with Gasteiger partial charge in [-0.15, -0.1) is 10.2 Å². The summed E-state index contributed by atoms with van der Waals surface area (Å²) >= 11 is 0. The SMILES string of the molecule is Cc1cc(N2CCCC(n3nnc(-c4ccc(F)cc4)n3)C2)no1. The standard InChI is InChI=1S/C16H17FN6O/c1-11-9-15(20-24-11)22-8-2-3-14(10-22)23-19-16(18-21-23)12-4-6-13(17)7-5-12/h4-7,9,14H,2-3,8,10H2,1H3. The number of hydrogen-bond acceptors (Lipinski definition) is 6. The van der Waals surface area contributed by atoms with Crippen LogP contribution in [0.25, 0.3) is 11.4 Å². The average molecular weight is 328 g/mol. The van der Waals surface area contributed by atoms with Gasteiger partial charge >= 0.3 is 0 Å². The minimum Gasteiger partial charge on any atom is -0.360 e. The zero-order valence-electron chi connectivity index (χ0n) is 13.3. The van der Waals surface area contributed by atoms with Crippen LogP contribution >= 0.6 is 0 Å². The summed E-state index contributed by atoms with van der Waals surface area (Å²) in [6.07, 6.45) is 2.00. The smallest absolute Gasteiger partial charge is 0.204 e. The lowest BCUT2D eigenvalue weighted by Gasteiger charge is -2.31. The lowest BCUT2D eigenvalue weighted by Crippen LogP contribution is -2.37. The van der Waals surface area contributed by atoms with Crippen molar-refractivity contribution in [2.24, 2.45) is 0 Å². The van der Waals surface area contributed by atoms with Crippen LogP contribution in [-0.4, -0.2) is 38.5 Å². The maximum atomic E-state index is 13.0. The largest absolute Gasteiger partial charge is 0.360 e. The second kappa shape index (κ2) is 6.03. The first-order valence-corrected chi connectivity index (χ1v) is 7.93. The molecule has 0 aliphatic carbocycles. The Morgan fingerprint density at radius 1 is 1.25 bits per heavy atom. The van der Waals surface area contributed by atoms with Gasteiger partial charge in [-0.25, -0.2) is 4.39 Å². The molecule has 2 aromatic heterocycles. The predicted octanol–water partition coefficient (Wildman–Crippen LogP) is 2.62. The zero-order chi connectivity index (χ0) is 16.5. The van der Waals surface area contributed by atoms with E-state index in [1.54, 1.807) is 16.9 Å². The van der Waals surface area contributed by atoms with E-state index < -0.39 is 0 Å². The summed E-state index contributed by atoms with van der Waals surface area (Å²) in [6, 6.07) is 8.15. The molecule has 124 valence electrons. The molecule has 4 rings (SSSR count). The maximum Gasteiger partial charge on any atom is 0.204 e. The van der Waals surface area contributed by atoms with Crippen LogP contribution in [0, 0.1) is 12.7 Å². The van der Waals surface area contributed by atoms with Gasteiger partial charge in [-0.3, -0.25) is 0 Å². The Labute approximate surface area is 138 Å². The Bertz CT molecular complexity index is 827. The number of nitrogens with zero attached hydrogens (tertiary/aromatic N) is 6. The summed E-state index contributed by atoms with van der Waals surface area (Å²) in [5.41, 5.74) is 0.752. The van der Waals surface area contributed by atoms with Gasteiger partial charge in [0.2, 0.25) is 5.82 Å². The molecule has 1 saturated heterocycles. The van der Waals surface area contributed by atoms with Crippen LogP contribution in [0.1, 0.15) is 24.6 Å². The molecule has 0 N–H and O–H groups in total.